The van der Waals surface area contributed by atoms with E-state index in [-0.39, 0.29) is 23.1 Å². The largest absolute Gasteiger partial charge is 0.479 e. The molecule has 0 aromatic heterocycles. The molecule has 160 valence electrons. The summed E-state index contributed by atoms with van der Waals surface area (Å²) in [4.78, 5) is 24.2. The molecule has 2 aromatic rings. The fourth-order valence-electron chi connectivity index (χ4n) is 3.15. The minimum absolute atomic E-state index is 0.0212. The van der Waals surface area contributed by atoms with Gasteiger partial charge in [-0.2, -0.15) is 4.31 Å². The van der Waals surface area contributed by atoms with Gasteiger partial charge < -0.3 is 15.4 Å². The van der Waals surface area contributed by atoms with Gasteiger partial charge in [0.1, 0.15) is 5.75 Å². The molecule has 1 aliphatic heterocycles. The molecule has 2 amide bonds. The zero-order valence-electron chi connectivity index (χ0n) is 17.4. The summed E-state index contributed by atoms with van der Waals surface area (Å²) in [5, 5.41) is 5.42. The number of nitrogens with one attached hydrogen (secondary N) is 2. The Morgan fingerprint density at radius 1 is 1.27 bits per heavy atom. The Balaban J connectivity index is 1.78. The summed E-state index contributed by atoms with van der Waals surface area (Å²) >= 11 is 0. The van der Waals surface area contributed by atoms with E-state index in [1.807, 2.05) is 25.1 Å². The molecule has 3 rings (SSSR count). The van der Waals surface area contributed by atoms with Crippen molar-refractivity contribution >= 4 is 33.2 Å². The Kier molecular flexibility index (Phi) is 6.14. The topological polar surface area (TPSA) is 105 Å². The number of hydrogen-bond acceptors (Lipinski definition) is 5. The molecule has 30 heavy (non-hydrogen) atoms. The average Bonchev–Trinajstić information content (AvgIpc) is 2.68. The number of aryl methyl sites for hydroxylation is 2. The van der Waals surface area contributed by atoms with Crippen LogP contribution in [0.5, 0.6) is 5.75 Å². The summed E-state index contributed by atoms with van der Waals surface area (Å²) in [5.41, 5.74) is 2.55. The van der Waals surface area contributed by atoms with E-state index < -0.39 is 22.0 Å². The molecule has 2 N–H and O–H groups in total. The zero-order chi connectivity index (χ0) is 22.1. The van der Waals surface area contributed by atoms with Crippen molar-refractivity contribution < 1.29 is 22.7 Å². The molecule has 1 atom stereocenters. The van der Waals surface area contributed by atoms with Crippen molar-refractivity contribution in [2.75, 3.05) is 24.2 Å². The standard InChI is InChI=1S/C21H25N3O5S/c1-5-15-7-6-8-16(10-15)22-20(25)12-24(4)30(27,28)19-11-18-17(9-13(19)2)23-21(26)14(3)29-18/h6-11,14H,5,12H2,1-4H3,(H,22,25)(H,23,26)/t14-/m0/s1. The van der Waals surface area contributed by atoms with Crippen molar-refractivity contribution in [3.63, 3.8) is 0 Å². The van der Waals surface area contributed by atoms with Crippen molar-refractivity contribution in [3.05, 3.63) is 47.5 Å². The fraction of sp³-hybridized carbons (Fsp3) is 0.333. The van der Waals surface area contributed by atoms with Gasteiger partial charge in [0.05, 0.1) is 17.1 Å². The van der Waals surface area contributed by atoms with E-state index in [0.29, 0.717) is 16.9 Å². The van der Waals surface area contributed by atoms with Gasteiger partial charge in [0.25, 0.3) is 5.91 Å². The summed E-state index contributed by atoms with van der Waals surface area (Å²) in [6.07, 6.45) is 0.106. The second kappa shape index (κ2) is 8.45. The van der Waals surface area contributed by atoms with Crippen LogP contribution >= 0.6 is 0 Å². The molecule has 0 saturated heterocycles. The predicted octanol–water partition coefficient (Wildman–Crippen LogP) is 2.54. The highest BCUT2D eigenvalue weighted by Gasteiger charge is 2.30. The third-order valence-electron chi connectivity index (χ3n) is 4.88. The molecule has 0 aliphatic carbocycles. The lowest BCUT2D eigenvalue weighted by atomic mass is 10.1. The molecule has 8 nitrogen and oxygen atoms in total. The maximum absolute atomic E-state index is 13.1. The number of carbonyl (C=O) groups is 2. The smallest absolute Gasteiger partial charge is 0.265 e. The minimum atomic E-state index is -3.95. The number of sulfonamides is 1. The van der Waals surface area contributed by atoms with Crippen molar-refractivity contribution in [1.29, 1.82) is 0 Å². The normalized spacial score (nSPS) is 15.9. The van der Waals surface area contributed by atoms with Crippen LogP contribution in [-0.4, -0.2) is 44.2 Å². The van der Waals surface area contributed by atoms with Gasteiger partial charge in [-0.3, -0.25) is 9.59 Å². The molecule has 0 saturated carbocycles. The predicted molar refractivity (Wildman–Crippen MR) is 114 cm³/mol. The fourth-order valence-corrected chi connectivity index (χ4v) is 4.49. The van der Waals surface area contributed by atoms with Crippen LogP contribution in [0.25, 0.3) is 0 Å². The van der Waals surface area contributed by atoms with Gasteiger partial charge in [-0.15, -0.1) is 0 Å². The second-order valence-electron chi connectivity index (χ2n) is 7.23. The van der Waals surface area contributed by atoms with Gasteiger partial charge >= 0.3 is 0 Å². The molecule has 0 fully saturated rings. The first-order chi connectivity index (χ1) is 14.1. The molecule has 0 unspecified atom stereocenters. The Labute approximate surface area is 176 Å². The van der Waals surface area contributed by atoms with Crippen LogP contribution in [0.15, 0.2) is 41.3 Å². The third-order valence-corrected chi connectivity index (χ3v) is 6.83. The van der Waals surface area contributed by atoms with Gasteiger partial charge in [0.2, 0.25) is 15.9 Å². The van der Waals surface area contributed by atoms with E-state index >= 15 is 0 Å². The first-order valence-electron chi connectivity index (χ1n) is 9.59. The molecule has 2 aromatic carbocycles. The lowest BCUT2D eigenvalue weighted by Gasteiger charge is -2.25. The van der Waals surface area contributed by atoms with Crippen molar-refractivity contribution in [1.82, 2.24) is 4.31 Å². The number of carbonyl (C=O) groups excluding carboxylic acids is 2. The molecule has 9 heteroatoms. The highest BCUT2D eigenvalue weighted by molar-refractivity contribution is 7.89. The van der Waals surface area contributed by atoms with Crippen LogP contribution in [0.3, 0.4) is 0 Å². The number of nitrogens with zero attached hydrogens (tertiary/aromatic N) is 1. The zero-order valence-corrected chi connectivity index (χ0v) is 18.2. The van der Waals surface area contributed by atoms with Gasteiger partial charge in [-0.25, -0.2) is 8.42 Å². The molecule has 1 aliphatic rings. The summed E-state index contributed by atoms with van der Waals surface area (Å²) in [6.45, 7) is 4.87. The van der Waals surface area contributed by atoms with Gasteiger partial charge in [-0.05, 0) is 49.6 Å². The van der Waals surface area contributed by atoms with Crippen LogP contribution in [0.2, 0.25) is 0 Å². The van der Waals surface area contributed by atoms with Crippen LogP contribution in [0, 0.1) is 6.92 Å². The van der Waals surface area contributed by atoms with Crippen molar-refractivity contribution in [2.24, 2.45) is 0 Å². The SMILES string of the molecule is CCc1cccc(NC(=O)CN(C)S(=O)(=O)c2cc3c(cc2C)NC(=O)[C@H](C)O3)c1. The summed E-state index contributed by atoms with van der Waals surface area (Å²) in [6, 6.07) is 10.3. The summed E-state index contributed by atoms with van der Waals surface area (Å²) in [7, 11) is -2.61. The third kappa shape index (κ3) is 4.47. The number of benzene rings is 2. The first-order valence-corrected chi connectivity index (χ1v) is 11.0. The lowest BCUT2D eigenvalue weighted by Crippen LogP contribution is -2.36. The monoisotopic (exact) mass is 431 g/mol. The molecule has 0 spiro atoms. The second-order valence-corrected chi connectivity index (χ2v) is 9.24. The van der Waals surface area contributed by atoms with Crippen LogP contribution in [-0.2, 0) is 26.0 Å². The molecule has 0 radical (unpaired) electrons. The highest BCUT2D eigenvalue weighted by Crippen LogP contribution is 2.35. The molecular formula is C21H25N3O5S. The van der Waals surface area contributed by atoms with Gasteiger partial charge in [-0.1, -0.05) is 19.1 Å². The van der Waals surface area contributed by atoms with E-state index in [0.717, 1.165) is 16.3 Å². The Morgan fingerprint density at radius 2 is 2.00 bits per heavy atom. The summed E-state index contributed by atoms with van der Waals surface area (Å²) in [5.74, 6) is -0.457. The van der Waals surface area contributed by atoms with Gasteiger partial charge in [0.15, 0.2) is 6.10 Å². The number of anilines is 2. The Hall–Kier alpha value is -2.91. The molecule has 0 bridgehead atoms. The van der Waals surface area contributed by atoms with E-state index in [9.17, 15) is 18.0 Å². The van der Waals surface area contributed by atoms with Crippen molar-refractivity contribution in [2.45, 2.75) is 38.2 Å². The first kappa shape index (κ1) is 21.8. The maximum atomic E-state index is 13.1. The number of likely N-dealkylation sites (N-methyl/N-ethyl adjacent to an activating group) is 1. The Bertz CT molecular complexity index is 1100. The number of amides is 2. The van der Waals surface area contributed by atoms with Crippen molar-refractivity contribution in [3.8, 4) is 5.75 Å². The van der Waals surface area contributed by atoms with Gasteiger partial charge in [0, 0.05) is 18.8 Å². The number of hydrogen-bond donors (Lipinski definition) is 2. The average molecular weight is 432 g/mol. The number of fused-ring (bicyclic) bond motifs is 1. The highest BCUT2D eigenvalue weighted by atomic mass is 32.2. The van der Waals surface area contributed by atoms with E-state index in [1.165, 1.54) is 13.1 Å². The number of ether oxygens (including phenoxy) is 1. The van der Waals surface area contributed by atoms with Crippen LogP contribution < -0.4 is 15.4 Å². The van der Waals surface area contributed by atoms with E-state index in [2.05, 4.69) is 10.6 Å². The lowest BCUT2D eigenvalue weighted by molar-refractivity contribution is -0.122. The molecular weight excluding hydrogens is 406 g/mol. The summed E-state index contributed by atoms with van der Waals surface area (Å²) < 4.78 is 32.7. The molecule has 1 heterocycles. The van der Waals surface area contributed by atoms with E-state index in [4.69, 9.17) is 4.74 Å². The minimum Gasteiger partial charge on any atom is -0.479 e. The quantitative estimate of drug-likeness (QED) is 0.731. The van der Waals surface area contributed by atoms with E-state index in [1.54, 1.807) is 26.0 Å². The maximum Gasteiger partial charge on any atom is 0.265 e. The Morgan fingerprint density at radius 3 is 2.70 bits per heavy atom. The van der Waals surface area contributed by atoms with Crippen LogP contribution in [0.4, 0.5) is 11.4 Å². The number of rotatable bonds is 6. The van der Waals surface area contributed by atoms with Crippen LogP contribution in [0.1, 0.15) is 25.0 Å².